The van der Waals surface area contributed by atoms with Crippen LogP contribution in [0.5, 0.6) is 0 Å². The Bertz CT molecular complexity index is 953. The summed E-state index contributed by atoms with van der Waals surface area (Å²) in [5.41, 5.74) is 2.57. The first-order chi connectivity index (χ1) is 12.7. The quantitative estimate of drug-likeness (QED) is 0.671. The number of carboxylic acid groups (broad SMARTS) is 1. The van der Waals surface area contributed by atoms with E-state index in [2.05, 4.69) is 10.0 Å². The van der Waals surface area contributed by atoms with Gasteiger partial charge < -0.3 is 10.4 Å². The molecule has 2 rings (SSSR count). The number of amides is 1. The molecule has 0 bridgehead atoms. The number of benzene rings is 2. The van der Waals surface area contributed by atoms with E-state index < -0.39 is 27.9 Å². The number of aryl methyl sites for hydroxylation is 2. The van der Waals surface area contributed by atoms with Crippen LogP contribution >= 0.6 is 0 Å². The number of carbonyl (C=O) groups is 2. The number of hydrogen-bond acceptors (Lipinski definition) is 4. The first-order valence-electron chi connectivity index (χ1n) is 8.36. The van der Waals surface area contributed by atoms with Crippen LogP contribution < -0.4 is 10.0 Å². The van der Waals surface area contributed by atoms with Crippen LogP contribution in [-0.2, 0) is 14.8 Å². The van der Waals surface area contributed by atoms with Gasteiger partial charge in [0.2, 0.25) is 10.0 Å². The van der Waals surface area contributed by atoms with Gasteiger partial charge in [0.1, 0.15) is 0 Å². The van der Waals surface area contributed by atoms with Crippen molar-refractivity contribution in [2.75, 3.05) is 6.54 Å². The third kappa shape index (κ3) is 4.93. The number of aliphatic carboxylic acids is 1. The highest BCUT2D eigenvalue weighted by molar-refractivity contribution is 7.89. The molecular formula is C19H22N2O5S. The lowest BCUT2D eigenvalue weighted by Gasteiger charge is -2.16. The molecule has 0 aromatic heterocycles. The molecule has 0 saturated heterocycles. The molecule has 8 heteroatoms. The normalized spacial score (nSPS) is 12.4. The summed E-state index contributed by atoms with van der Waals surface area (Å²) in [6.45, 7) is 5.69. The first-order valence-corrected chi connectivity index (χ1v) is 9.84. The number of nitrogens with one attached hydrogen (secondary N) is 2. The molecule has 144 valence electrons. The highest BCUT2D eigenvalue weighted by Gasteiger charge is 2.23. The molecule has 0 radical (unpaired) electrons. The Morgan fingerprint density at radius 3 is 2.19 bits per heavy atom. The highest BCUT2D eigenvalue weighted by Crippen LogP contribution is 2.19. The van der Waals surface area contributed by atoms with Crippen LogP contribution in [-0.4, -0.2) is 31.9 Å². The van der Waals surface area contributed by atoms with Crippen molar-refractivity contribution in [1.29, 1.82) is 0 Å². The minimum absolute atomic E-state index is 0.0323. The van der Waals surface area contributed by atoms with E-state index in [1.54, 1.807) is 25.1 Å². The Morgan fingerprint density at radius 1 is 1.04 bits per heavy atom. The van der Waals surface area contributed by atoms with Gasteiger partial charge >= 0.3 is 5.97 Å². The Morgan fingerprint density at radius 2 is 1.67 bits per heavy atom. The predicted molar refractivity (Wildman–Crippen MR) is 101 cm³/mol. The molecule has 0 aliphatic heterocycles. The van der Waals surface area contributed by atoms with Crippen LogP contribution in [0.2, 0.25) is 0 Å². The van der Waals surface area contributed by atoms with Crippen molar-refractivity contribution >= 4 is 21.9 Å². The zero-order valence-corrected chi connectivity index (χ0v) is 16.1. The van der Waals surface area contributed by atoms with Gasteiger partial charge in [-0.05, 0) is 54.8 Å². The van der Waals surface area contributed by atoms with Crippen LogP contribution in [0.3, 0.4) is 0 Å². The SMILES string of the molecule is CCNS(=O)(=O)c1ccc(C(=O)NC(C(=O)O)c2ccc(C)c(C)c2)cc1. The Kier molecular flexibility index (Phi) is 6.35. The molecule has 2 aromatic carbocycles. The lowest BCUT2D eigenvalue weighted by molar-refractivity contribution is -0.139. The van der Waals surface area contributed by atoms with Crippen molar-refractivity contribution in [2.45, 2.75) is 31.7 Å². The minimum Gasteiger partial charge on any atom is -0.479 e. The summed E-state index contributed by atoms with van der Waals surface area (Å²) in [5.74, 6) is -1.79. The zero-order chi connectivity index (χ0) is 20.2. The average Bonchev–Trinajstić information content (AvgIpc) is 2.61. The molecular weight excluding hydrogens is 368 g/mol. The summed E-state index contributed by atoms with van der Waals surface area (Å²) >= 11 is 0. The second-order valence-electron chi connectivity index (χ2n) is 6.11. The molecule has 0 aliphatic rings. The minimum atomic E-state index is -3.62. The molecule has 0 aliphatic carbocycles. The van der Waals surface area contributed by atoms with Crippen molar-refractivity contribution in [3.63, 3.8) is 0 Å². The Balaban J connectivity index is 2.23. The summed E-state index contributed by atoms with van der Waals surface area (Å²) in [6.07, 6.45) is 0. The van der Waals surface area contributed by atoms with Crippen molar-refractivity contribution < 1.29 is 23.1 Å². The van der Waals surface area contributed by atoms with Crippen LogP contribution in [0.15, 0.2) is 47.4 Å². The van der Waals surface area contributed by atoms with Gasteiger partial charge in [0.05, 0.1) is 4.90 Å². The maximum absolute atomic E-state index is 12.4. The average molecular weight is 390 g/mol. The van der Waals surface area contributed by atoms with Gasteiger partial charge in [-0.25, -0.2) is 17.9 Å². The van der Waals surface area contributed by atoms with Gasteiger partial charge in [-0.3, -0.25) is 4.79 Å². The fourth-order valence-electron chi connectivity index (χ4n) is 2.51. The molecule has 2 aromatic rings. The molecule has 0 saturated carbocycles. The molecule has 7 nitrogen and oxygen atoms in total. The first kappa shape index (κ1) is 20.6. The fraction of sp³-hybridized carbons (Fsp3) is 0.263. The largest absolute Gasteiger partial charge is 0.479 e. The third-order valence-electron chi connectivity index (χ3n) is 4.15. The third-order valence-corrected chi connectivity index (χ3v) is 5.71. The van der Waals surface area contributed by atoms with E-state index in [1.165, 1.54) is 24.3 Å². The second-order valence-corrected chi connectivity index (χ2v) is 7.88. The summed E-state index contributed by atoms with van der Waals surface area (Å²) in [6, 6.07) is 9.28. The van der Waals surface area contributed by atoms with E-state index in [4.69, 9.17) is 0 Å². The monoisotopic (exact) mass is 390 g/mol. The summed E-state index contributed by atoms with van der Waals surface area (Å²) < 4.78 is 26.2. The van der Waals surface area contributed by atoms with Gasteiger partial charge in [-0.1, -0.05) is 25.1 Å². The van der Waals surface area contributed by atoms with E-state index in [-0.39, 0.29) is 17.0 Å². The maximum Gasteiger partial charge on any atom is 0.330 e. The molecule has 0 heterocycles. The van der Waals surface area contributed by atoms with E-state index in [1.807, 2.05) is 13.8 Å². The van der Waals surface area contributed by atoms with Crippen molar-refractivity contribution in [3.8, 4) is 0 Å². The molecule has 0 fully saturated rings. The lowest BCUT2D eigenvalue weighted by atomic mass is 10.0. The summed E-state index contributed by atoms with van der Waals surface area (Å²) in [7, 11) is -3.62. The smallest absolute Gasteiger partial charge is 0.330 e. The van der Waals surface area contributed by atoms with Crippen LogP contribution in [0.1, 0.15) is 40.0 Å². The number of rotatable bonds is 7. The van der Waals surface area contributed by atoms with Crippen LogP contribution in [0, 0.1) is 13.8 Å². The van der Waals surface area contributed by atoms with Crippen LogP contribution in [0.25, 0.3) is 0 Å². The van der Waals surface area contributed by atoms with Crippen molar-refractivity contribution in [1.82, 2.24) is 10.0 Å². The Labute approximate surface area is 158 Å². The van der Waals surface area contributed by atoms with Gasteiger partial charge in [0.25, 0.3) is 5.91 Å². The standard InChI is InChI=1S/C19H22N2O5S/c1-4-20-27(25,26)16-9-7-14(8-10-16)18(22)21-17(19(23)24)15-6-5-12(2)13(3)11-15/h5-11,17,20H,4H2,1-3H3,(H,21,22)(H,23,24). The molecule has 1 atom stereocenters. The fourth-order valence-corrected chi connectivity index (χ4v) is 3.55. The summed E-state index contributed by atoms with van der Waals surface area (Å²) in [4.78, 5) is 24.1. The number of hydrogen-bond donors (Lipinski definition) is 3. The lowest BCUT2D eigenvalue weighted by Crippen LogP contribution is -2.33. The molecule has 1 unspecified atom stereocenters. The van der Waals surface area contributed by atoms with Gasteiger partial charge in [-0.2, -0.15) is 0 Å². The van der Waals surface area contributed by atoms with Crippen LogP contribution in [0.4, 0.5) is 0 Å². The maximum atomic E-state index is 12.4. The van der Waals surface area contributed by atoms with Gasteiger partial charge in [0, 0.05) is 12.1 Å². The second kappa shape index (κ2) is 8.32. The molecule has 1 amide bonds. The zero-order valence-electron chi connectivity index (χ0n) is 15.3. The number of carbonyl (C=O) groups excluding carboxylic acids is 1. The van der Waals surface area contributed by atoms with Gasteiger partial charge in [-0.15, -0.1) is 0 Å². The number of sulfonamides is 1. The summed E-state index contributed by atoms with van der Waals surface area (Å²) in [5, 5.41) is 12.0. The van der Waals surface area contributed by atoms with Gasteiger partial charge in [0.15, 0.2) is 6.04 Å². The molecule has 0 spiro atoms. The molecule has 27 heavy (non-hydrogen) atoms. The van der Waals surface area contributed by atoms with E-state index in [0.717, 1.165) is 11.1 Å². The Hall–Kier alpha value is -2.71. The van der Waals surface area contributed by atoms with E-state index >= 15 is 0 Å². The van der Waals surface area contributed by atoms with Crippen molar-refractivity contribution in [2.24, 2.45) is 0 Å². The predicted octanol–water partition coefficient (Wildman–Crippen LogP) is 2.16. The van der Waals surface area contributed by atoms with E-state index in [9.17, 15) is 23.1 Å². The highest BCUT2D eigenvalue weighted by atomic mass is 32.2. The van der Waals surface area contributed by atoms with Crippen molar-refractivity contribution in [3.05, 3.63) is 64.7 Å². The topological polar surface area (TPSA) is 113 Å². The molecule has 3 N–H and O–H groups in total. The number of carboxylic acids is 1. The van der Waals surface area contributed by atoms with E-state index in [0.29, 0.717) is 5.56 Å².